The van der Waals surface area contributed by atoms with Crippen LogP contribution in [0.2, 0.25) is 0 Å². The van der Waals surface area contributed by atoms with Crippen LogP contribution in [-0.4, -0.2) is 32.3 Å². The highest BCUT2D eigenvalue weighted by molar-refractivity contribution is 5.95. The van der Waals surface area contributed by atoms with Gasteiger partial charge in [-0.2, -0.15) is 0 Å². The van der Waals surface area contributed by atoms with Gasteiger partial charge in [0.1, 0.15) is 0 Å². The number of rotatable bonds is 7. The molecule has 0 saturated heterocycles. The fourth-order valence-electron chi connectivity index (χ4n) is 2.79. The Hall–Kier alpha value is -3.42. The summed E-state index contributed by atoms with van der Waals surface area (Å²) in [5, 5.41) is 3.00. The van der Waals surface area contributed by atoms with Crippen molar-refractivity contribution in [3.05, 3.63) is 47.5 Å². The molecule has 148 valence electrons. The van der Waals surface area contributed by atoms with Gasteiger partial charge >= 0.3 is 0 Å². The number of hydrogen-bond donors (Lipinski definition) is 2. The molecule has 2 aromatic carbocycles. The zero-order valence-corrected chi connectivity index (χ0v) is 15.9. The minimum Gasteiger partial charge on any atom is -0.493 e. The first kappa shape index (κ1) is 19.3. The van der Waals surface area contributed by atoms with Crippen LogP contribution in [-0.2, 0) is 10.3 Å². The van der Waals surface area contributed by atoms with Crippen molar-refractivity contribution in [1.29, 1.82) is 0 Å². The van der Waals surface area contributed by atoms with Crippen LogP contribution in [0.15, 0.2) is 36.4 Å². The van der Waals surface area contributed by atoms with E-state index in [0.717, 1.165) is 5.56 Å². The van der Waals surface area contributed by atoms with E-state index in [0.29, 0.717) is 28.6 Å². The van der Waals surface area contributed by atoms with Crippen LogP contribution >= 0.6 is 0 Å². The van der Waals surface area contributed by atoms with Crippen LogP contribution in [0.5, 0.6) is 23.0 Å². The van der Waals surface area contributed by atoms with Gasteiger partial charge in [-0.3, -0.25) is 9.59 Å². The van der Waals surface area contributed by atoms with E-state index in [1.165, 1.54) is 7.11 Å². The van der Waals surface area contributed by atoms with Crippen LogP contribution in [0.3, 0.4) is 0 Å². The maximum absolute atomic E-state index is 12.8. The highest BCUT2D eigenvalue weighted by Crippen LogP contribution is 2.36. The molecular formula is C20H22N2O6. The number of primary amides is 1. The molecular weight excluding hydrogens is 364 g/mol. The lowest BCUT2D eigenvalue weighted by molar-refractivity contribution is -0.119. The Labute approximate surface area is 162 Å². The van der Waals surface area contributed by atoms with Crippen LogP contribution in [0.1, 0.15) is 29.8 Å². The topological polar surface area (TPSA) is 109 Å². The lowest BCUT2D eigenvalue weighted by Gasteiger charge is -2.27. The van der Waals surface area contributed by atoms with E-state index >= 15 is 0 Å². The Morgan fingerprint density at radius 2 is 1.86 bits per heavy atom. The average Bonchev–Trinajstić information content (AvgIpc) is 3.13. The fraction of sp³-hybridized carbons (Fsp3) is 0.300. The van der Waals surface area contributed by atoms with Gasteiger partial charge in [-0.1, -0.05) is 6.07 Å². The number of ether oxygens (including phenoxy) is 4. The second-order valence-electron chi connectivity index (χ2n) is 6.77. The Morgan fingerprint density at radius 1 is 1.11 bits per heavy atom. The molecule has 0 bridgehead atoms. The van der Waals surface area contributed by atoms with Gasteiger partial charge in [0.2, 0.25) is 6.79 Å². The number of carbonyl (C=O) groups is 2. The lowest BCUT2D eigenvalue weighted by atomic mass is 9.93. The summed E-state index contributed by atoms with van der Waals surface area (Å²) in [6, 6.07) is 10.2. The van der Waals surface area contributed by atoms with Gasteiger partial charge in [0, 0.05) is 5.56 Å². The maximum atomic E-state index is 12.8. The first-order valence-electron chi connectivity index (χ1n) is 8.62. The minimum absolute atomic E-state index is 0.190. The van der Waals surface area contributed by atoms with E-state index in [2.05, 4.69) is 5.32 Å². The van der Waals surface area contributed by atoms with Gasteiger partial charge in [0.25, 0.3) is 11.8 Å². The average molecular weight is 386 g/mol. The van der Waals surface area contributed by atoms with Gasteiger partial charge in [0.05, 0.1) is 12.6 Å². The summed E-state index contributed by atoms with van der Waals surface area (Å²) < 4.78 is 21.3. The van der Waals surface area contributed by atoms with Crippen LogP contribution in [0.25, 0.3) is 0 Å². The Kier molecular flexibility index (Phi) is 5.30. The number of hydrogen-bond acceptors (Lipinski definition) is 6. The third-order valence-corrected chi connectivity index (χ3v) is 4.32. The number of carbonyl (C=O) groups excluding carboxylic acids is 2. The summed E-state index contributed by atoms with van der Waals surface area (Å²) in [5.74, 6) is 1.10. The molecule has 1 heterocycles. The molecule has 0 radical (unpaired) electrons. The second kappa shape index (κ2) is 7.67. The summed E-state index contributed by atoms with van der Waals surface area (Å²) in [6.07, 6.45) is 0. The molecule has 0 aliphatic carbocycles. The summed E-state index contributed by atoms with van der Waals surface area (Å²) >= 11 is 0. The van der Waals surface area contributed by atoms with Crippen LogP contribution in [0, 0.1) is 0 Å². The van der Waals surface area contributed by atoms with Gasteiger partial charge < -0.3 is 30.0 Å². The van der Waals surface area contributed by atoms with Crippen molar-refractivity contribution < 1.29 is 28.5 Å². The van der Waals surface area contributed by atoms with E-state index in [-0.39, 0.29) is 19.3 Å². The molecule has 3 N–H and O–H groups in total. The highest BCUT2D eigenvalue weighted by Gasteiger charge is 2.26. The summed E-state index contributed by atoms with van der Waals surface area (Å²) in [5.41, 5.74) is 5.68. The molecule has 0 atom stereocenters. The summed E-state index contributed by atoms with van der Waals surface area (Å²) in [7, 11) is 1.45. The predicted molar refractivity (Wildman–Crippen MR) is 101 cm³/mol. The van der Waals surface area contributed by atoms with E-state index in [9.17, 15) is 9.59 Å². The number of nitrogens with one attached hydrogen (secondary N) is 1. The Morgan fingerprint density at radius 3 is 2.57 bits per heavy atom. The Bertz CT molecular complexity index is 910. The largest absolute Gasteiger partial charge is 0.493 e. The highest BCUT2D eigenvalue weighted by atomic mass is 16.7. The SMILES string of the molecule is COc1cc(C(=O)NC(C)(C)c2ccc3c(c2)OCO3)ccc1OCC(N)=O. The number of fused-ring (bicyclic) bond motifs is 1. The molecule has 8 heteroatoms. The zero-order valence-electron chi connectivity index (χ0n) is 15.9. The van der Waals surface area contributed by atoms with Crippen LogP contribution in [0.4, 0.5) is 0 Å². The lowest BCUT2D eigenvalue weighted by Crippen LogP contribution is -2.41. The number of methoxy groups -OCH3 is 1. The number of benzene rings is 2. The summed E-state index contributed by atoms with van der Waals surface area (Å²) in [6.45, 7) is 3.70. The van der Waals surface area contributed by atoms with Crippen molar-refractivity contribution in [3.63, 3.8) is 0 Å². The van der Waals surface area contributed by atoms with Gasteiger partial charge in [0.15, 0.2) is 29.6 Å². The van der Waals surface area contributed by atoms with Crippen molar-refractivity contribution in [2.24, 2.45) is 5.73 Å². The Balaban J connectivity index is 1.77. The quantitative estimate of drug-likeness (QED) is 0.753. The molecule has 28 heavy (non-hydrogen) atoms. The standard InChI is InChI=1S/C20H22N2O6/c1-20(2,13-5-7-15-17(9-13)28-11-27-15)22-19(24)12-4-6-14(16(8-12)25-3)26-10-18(21)23/h4-9H,10-11H2,1-3H3,(H2,21,23)(H,22,24). The molecule has 0 saturated carbocycles. The van der Waals surface area contributed by atoms with Crippen molar-refractivity contribution >= 4 is 11.8 Å². The minimum atomic E-state index is -0.660. The fourth-order valence-corrected chi connectivity index (χ4v) is 2.79. The normalized spacial score (nSPS) is 12.4. The van der Waals surface area contributed by atoms with Crippen molar-refractivity contribution in [3.8, 4) is 23.0 Å². The molecule has 0 unspecified atom stereocenters. The molecule has 0 fully saturated rings. The number of nitrogens with two attached hydrogens (primary N) is 1. The van der Waals surface area contributed by atoms with E-state index in [1.807, 2.05) is 32.0 Å². The van der Waals surface area contributed by atoms with Crippen LogP contribution < -0.4 is 30.0 Å². The molecule has 1 aliphatic rings. The molecule has 2 aromatic rings. The van der Waals surface area contributed by atoms with E-state index in [4.69, 9.17) is 24.7 Å². The molecule has 0 spiro atoms. The van der Waals surface area contributed by atoms with Crippen molar-refractivity contribution in [1.82, 2.24) is 5.32 Å². The second-order valence-corrected chi connectivity index (χ2v) is 6.77. The molecule has 3 rings (SSSR count). The summed E-state index contributed by atoms with van der Waals surface area (Å²) in [4.78, 5) is 23.7. The molecule has 2 amide bonds. The van der Waals surface area contributed by atoms with E-state index < -0.39 is 11.4 Å². The van der Waals surface area contributed by atoms with Gasteiger partial charge in [-0.05, 0) is 49.7 Å². The molecule has 8 nitrogen and oxygen atoms in total. The zero-order chi connectivity index (χ0) is 20.3. The smallest absolute Gasteiger partial charge is 0.255 e. The third-order valence-electron chi connectivity index (χ3n) is 4.32. The molecule has 0 aromatic heterocycles. The first-order valence-corrected chi connectivity index (χ1v) is 8.62. The van der Waals surface area contributed by atoms with Crippen molar-refractivity contribution in [2.75, 3.05) is 20.5 Å². The first-order chi connectivity index (χ1) is 13.3. The van der Waals surface area contributed by atoms with Gasteiger partial charge in [-0.15, -0.1) is 0 Å². The number of amides is 2. The monoisotopic (exact) mass is 386 g/mol. The predicted octanol–water partition coefficient (Wildman–Crippen LogP) is 1.95. The van der Waals surface area contributed by atoms with Gasteiger partial charge in [-0.25, -0.2) is 0 Å². The molecule has 1 aliphatic heterocycles. The van der Waals surface area contributed by atoms with Crippen molar-refractivity contribution in [2.45, 2.75) is 19.4 Å². The maximum Gasteiger partial charge on any atom is 0.255 e. The third kappa shape index (κ3) is 4.11. The van der Waals surface area contributed by atoms with E-state index in [1.54, 1.807) is 18.2 Å².